The molecule has 0 spiro atoms. The number of rotatable bonds is 6. The Morgan fingerprint density at radius 1 is 1.07 bits per heavy atom. The zero-order chi connectivity index (χ0) is 20.4. The fourth-order valence-corrected chi connectivity index (χ4v) is 4.03. The number of benzene rings is 1. The number of halogens is 1. The normalized spacial score (nSPS) is 23.0. The second-order valence-electron chi connectivity index (χ2n) is 7.13. The van der Waals surface area contributed by atoms with Crippen molar-refractivity contribution in [2.24, 2.45) is 5.92 Å². The average Bonchev–Trinajstić information content (AvgIpc) is 3.36. The van der Waals surface area contributed by atoms with E-state index in [-0.39, 0.29) is 5.76 Å². The molecule has 152 valence electrons. The highest BCUT2D eigenvalue weighted by Gasteiger charge is 2.52. The zero-order valence-corrected chi connectivity index (χ0v) is 16.5. The number of carbonyl (C=O) groups is 3. The number of ether oxygens (including phenoxy) is 1. The number of amides is 1. The van der Waals surface area contributed by atoms with Crippen LogP contribution in [0.3, 0.4) is 0 Å². The molecule has 3 heterocycles. The van der Waals surface area contributed by atoms with Gasteiger partial charge in [0.05, 0.1) is 25.5 Å². The van der Waals surface area contributed by atoms with Crippen LogP contribution in [0.25, 0.3) is 0 Å². The van der Waals surface area contributed by atoms with Gasteiger partial charge in [0.2, 0.25) is 11.6 Å². The summed E-state index contributed by atoms with van der Waals surface area (Å²) in [5.74, 6) is -2.89. The number of Topliss-reactive ketones (excluding diaryl/α,β-unsaturated/α-hetero) is 2. The van der Waals surface area contributed by atoms with Crippen LogP contribution in [0.4, 0.5) is 0 Å². The van der Waals surface area contributed by atoms with Gasteiger partial charge in [-0.1, -0.05) is 23.7 Å². The fraction of sp³-hybridized carbons (Fsp3) is 0.381. The number of hydrogen-bond donors (Lipinski definition) is 0. The number of morpholine rings is 1. The first-order valence-electron chi connectivity index (χ1n) is 9.54. The quantitative estimate of drug-likeness (QED) is 0.408. The first-order valence-corrected chi connectivity index (χ1v) is 9.92. The Kier molecular flexibility index (Phi) is 5.80. The molecular weight excluding hydrogens is 396 g/mol. The van der Waals surface area contributed by atoms with Gasteiger partial charge in [-0.15, -0.1) is 0 Å². The number of nitrogens with zero attached hydrogens (tertiary/aromatic N) is 2. The van der Waals surface area contributed by atoms with E-state index in [4.69, 9.17) is 20.8 Å². The Hall–Kier alpha value is -2.48. The Bertz CT molecular complexity index is 890. The zero-order valence-electron chi connectivity index (χ0n) is 15.8. The lowest BCUT2D eigenvalue weighted by Crippen LogP contribution is -2.42. The van der Waals surface area contributed by atoms with Gasteiger partial charge in [0, 0.05) is 31.2 Å². The van der Waals surface area contributed by atoms with Crippen LogP contribution in [0.5, 0.6) is 0 Å². The molecule has 1 aromatic carbocycles. The summed E-state index contributed by atoms with van der Waals surface area (Å²) in [5, 5.41) is 0.540. The SMILES string of the molecule is O=C1C(=O)N(CCN2CCOCC2)C(c2ccc(Cl)cc2)C1C(=O)c1ccco1. The Morgan fingerprint density at radius 2 is 1.79 bits per heavy atom. The largest absolute Gasteiger partial charge is 0.461 e. The van der Waals surface area contributed by atoms with Crippen LogP contribution in [0, 0.1) is 5.92 Å². The summed E-state index contributed by atoms with van der Waals surface area (Å²) < 4.78 is 10.6. The second kappa shape index (κ2) is 8.49. The van der Waals surface area contributed by atoms with Gasteiger partial charge in [-0.25, -0.2) is 0 Å². The average molecular weight is 417 g/mol. The van der Waals surface area contributed by atoms with Gasteiger partial charge in [0.25, 0.3) is 5.91 Å². The number of likely N-dealkylation sites (tertiary alicyclic amines) is 1. The van der Waals surface area contributed by atoms with E-state index in [0.717, 1.165) is 13.1 Å². The minimum atomic E-state index is -1.14. The standard InChI is InChI=1S/C21H21ClN2O5/c22-15-5-3-14(4-6-15)18-17(19(25)16-2-1-11-29-16)20(26)21(27)24(18)8-7-23-9-12-28-13-10-23/h1-6,11,17-18H,7-10,12-13H2. The Labute approximate surface area is 173 Å². The molecule has 0 aliphatic carbocycles. The third-order valence-corrected chi connectivity index (χ3v) is 5.68. The smallest absolute Gasteiger partial charge is 0.291 e. The maximum atomic E-state index is 13.0. The maximum absolute atomic E-state index is 13.0. The summed E-state index contributed by atoms with van der Waals surface area (Å²) in [7, 11) is 0. The van der Waals surface area contributed by atoms with Crippen molar-refractivity contribution in [1.29, 1.82) is 0 Å². The van der Waals surface area contributed by atoms with Gasteiger partial charge in [-0.2, -0.15) is 0 Å². The molecule has 8 heteroatoms. The highest BCUT2D eigenvalue weighted by molar-refractivity contribution is 6.43. The molecule has 1 amide bonds. The van der Waals surface area contributed by atoms with Crippen LogP contribution >= 0.6 is 11.6 Å². The van der Waals surface area contributed by atoms with Crippen molar-refractivity contribution in [3.8, 4) is 0 Å². The van der Waals surface area contributed by atoms with Crippen LogP contribution < -0.4 is 0 Å². The van der Waals surface area contributed by atoms with Crippen LogP contribution in [0.15, 0.2) is 47.1 Å². The third kappa shape index (κ3) is 3.99. The molecule has 0 radical (unpaired) electrons. The Morgan fingerprint density at radius 3 is 2.45 bits per heavy atom. The number of carbonyl (C=O) groups excluding carboxylic acids is 3. The van der Waals surface area contributed by atoms with Crippen LogP contribution in [-0.4, -0.2) is 66.7 Å². The van der Waals surface area contributed by atoms with E-state index in [0.29, 0.717) is 36.9 Å². The summed E-state index contributed by atoms with van der Waals surface area (Å²) >= 11 is 6.01. The summed E-state index contributed by atoms with van der Waals surface area (Å²) in [6.07, 6.45) is 1.38. The van der Waals surface area contributed by atoms with Crippen LogP contribution in [0.2, 0.25) is 5.02 Å². The third-order valence-electron chi connectivity index (χ3n) is 5.42. The molecule has 4 rings (SSSR count). The molecule has 2 aliphatic heterocycles. The maximum Gasteiger partial charge on any atom is 0.291 e. The first-order chi connectivity index (χ1) is 14.1. The first kappa shape index (κ1) is 19.8. The van der Waals surface area contributed by atoms with E-state index in [1.165, 1.54) is 17.2 Å². The minimum Gasteiger partial charge on any atom is -0.461 e. The number of ketones is 2. The van der Waals surface area contributed by atoms with E-state index in [2.05, 4.69) is 4.90 Å². The van der Waals surface area contributed by atoms with Gasteiger partial charge in [0.15, 0.2) is 5.76 Å². The van der Waals surface area contributed by atoms with Crippen LogP contribution in [0.1, 0.15) is 22.2 Å². The lowest BCUT2D eigenvalue weighted by Gasteiger charge is -2.31. The molecule has 29 heavy (non-hydrogen) atoms. The summed E-state index contributed by atoms with van der Waals surface area (Å²) in [4.78, 5) is 42.4. The van der Waals surface area contributed by atoms with Crippen molar-refractivity contribution in [3.63, 3.8) is 0 Å². The van der Waals surface area contributed by atoms with Gasteiger partial charge >= 0.3 is 0 Å². The summed E-state index contributed by atoms with van der Waals surface area (Å²) in [5.41, 5.74) is 0.695. The molecule has 0 N–H and O–H groups in total. The predicted molar refractivity (Wildman–Crippen MR) is 105 cm³/mol. The highest BCUT2D eigenvalue weighted by Crippen LogP contribution is 2.38. The second-order valence-corrected chi connectivity index (χ2v) is 7.57. The molecule has 2 unspecified atom stereocenters. The molecule has 2 aliphatic rings. The van der Waals surface area contributed by atoms with Crippen molar-refractivity contribution in [2.45, 2.75) is 6.04 Å². The van der Waals surface area contributed by atoms with Crippen molar-refractivity contribution < 1.29 is 23.5 Å². The van der Waals surface area contributed by atoms with E-state index >= 15 is 0 Å². The van der Waals surface area contributed by atoms with Crippen LogP contribution in [-0.2, 0) is 14.3 Å². The molecule has 2 atom stereocenters. The summed E-state index contributed by atoms with van der Waals surface area (Å²) in [6.45, 7) is 3.79. The molecule has 1 aromatic heterocycles. The Balaban J connectivity index is 1.64. The minimum absolute atomic E-state index is 0.0742. The molecule has 2 fully saturated rings. The van der Waals surface area contributed by atoms with Crippen molar-refractivity contribution in [3.05, 3.63) is 59.0 Å². The lowest BCUT2D eigenvalue weighted by molar-refractivity contribution is -0.141. The number of furan rings is 1. The van der Waals surface area contributed by atoms with Gasteiger partial charge < -0.3 is 14.1 Å². The van der Waals surface area contributed by atoms with Crippen molar-refractivity contribution >= 4 is 29.1 Å². The lowest BCUT2D eigenvalue weighted by atomic mass is 9.88. The molecule has 2 aromatic rings. The summed E-state index contributed by atoms with van der Waals surface area (Å²) in [6, 6.07) is 9.30. The monoisotopic (exact) mass is 416 g/mol. The molecular formula is C21H21ClN2O5. The fourth-order valence-electron chi connectivity index (χ4n) is 3.91. The molecule has 0 saturated carbocycles. The van der Waals surface area contributed by atoms with Gasteiger partial charge in [-0.3, -0.25) is 19.3 Å². The highest BCUT2D eigenvalue weighted by atomic mass is 35.5. The van der Waals surface area contributed by atoms with E-state index < -0.39 is 29.4 Å². The van der Waals surface area contributed by atoms with Gasteiger partial charge in [0.1, 0.15) is 5.92 Å². The van der Waals surface area contributed by atoms with Gasteiger partial charge in [-0.05, 0) is 29.8 Å². The molecule has 0 bridgehead atoms. The number of hydrogen-bond acceptors (Lipinski definition) is 6. The van der Waals surface area contributed by atoms with Crippen molar-refractivity contribution in [2.75, 3.05) is 39.4 Å². The molecule has 2 saturated heterocycles. The van der Waals surface area contributed by atoms with E-state index in [1.807, 2.05) is 0 Å². The van der Waals surface area contributed by atoms with Crippen molar-refractivity contribution in [1.82, 2.24) is 9.80 Å². The van der Waals surface area contributed by atoms with E-state index in [9.17, 15) is 14.4 Å². The molecule has 7 nitrogen and oxygen atoms in total. The predicted octanol–water partition coefficient (Wildman–Crippen LogP) is 2.22. The topological polar surface area (TPSA) is 80.1 Å². The van der Waals surface area contributed by atoms with E-state index in [1.54, 1.807) is 30.3 Å².